The molecule has 0 N–H and O–H groups in total. The molecule has 2 saturated heterocycles. The average Bonchev–Trinajstić information content (AvgIpc) is 3.40. The summed E-state index contributed by atoms with van der Waals surface area (Å²) in [5, 5.41) is 5.21. The molecule has 0 radical (unpaired) electrons. The first-order chi connectivity index (χ1) is 19.5. The first-order valence-corrected chi connectivity index (χ1v) is 15.0. The van der Waals surface area contributed by atoms with E-state index in [0.717, 1.165) is 56.4 Å². The van der Waals surface area contributed by atoms with Crippen LogP contribution in [0.1, 0.15) is 73.3 Å². The van der Waals surface area contributed by atoms with Gasteiger partial charge in [-0.15, -0.1) is 0 Å². The summed E-state index contributed by atoms with van der Waals surface area (Å²) in [6, 6.07) is 9.64. The molecular formula is C32H39F2N3O3. The zero-order valence-electron chi connectivity index (χ0n) is 23.1. The number of aromatic nitrogens is 1. The maximum Gasteiger partial charge on any atom is 0.170 e. The Morgan fingerprint density at radius 2 is 1.65 bits per heavy atom. The number of Topliss-reactive ketones (excluding diaryl/α,β-unsaturated/α-hetero) is 1. The van der Waals surface area contributed by atoms with Crippen molar-refractivity contribution in [2.45, 2.75) is 57.3 Å². The number of ketones is 1. The number of carbonyl (C=O) groups excluding carboxylic acids is 1. The summed E-state index contributed by atoms with van der Waals surface area (Å²) in [4.78, 5) is 17.5. The van der Waals surface area contributed by atoms with Crippen LogP contribution in [0, 0.1) is 23.5 Å². The molecule has 1 saturated carbocycles. The molecule has 2 aromatic carbocycles. The fourth-order valence-corrected chi connectivity index (χ4v) is 6.87. The molecular weight excluding hydrogens is 512 g/mol. The number of morpholine rings is 1. The standard InChI is InChI=1S/C32H39F2N3O3/c33-26-6-7-27-31(21-26)40-35-32(27)24-10-13-36(14-11-24)12-9-22-1-3-23(4-2-22)19-30(38)25-5-8-29(28(34)20-25)37-15-17-39-18-16-37/h5-8,20-24H,1-4,9-19H2. The maximum absolute atomic E-state index is 14.8. The van der Waals surface area contributed by atoms with Crippen molar-refractivity contribution in [2.75, 3.05) is 50.8 Å². The molecule has 0 atom stereocenters. The summed E-state index contributed by atoms with van der Waals surface area (Å²) in [6.45, 7) is 5.76. The van der Waals surface area contributed by atoms with E-state index in [2.05, 4.69) is 10.1 Å². The minimum absolute atomic E-state index is 0.0590. The van der Waals surface area contributed by atoms with Gasteiger partial charge in [-0.3, -0.25) is 4.79 Å². The van der Waals surface area contributed by atoms with E-state index in [1.54, 1.807) is 18.2 Å². The van der Waals surface area contributed by atoms with Crippen molar-refractivity contribution in [3.8, 4) is 0 Å². The second kappa shape index (κ2) is 12.4. The number of fused-ring (bicyclic) bond motifs is 1. The van der Waals surface area contributed by atoms with Crippen LogP contribution < -0.4 is 4.90 Å². The predicted molar refractivity (Wildman–Crippen MR) is 151 cm³/mol. The van der Waals surface area contributed by atoms with E-state index >= 15 is 0 Å². The summed E-state index contributed by atoms with van der Waals surface area (Å²) in [5.74, 6) is 0.917. The Labute approximate surface area is 234 Å². The summed E-state index contributed by atoms with van der Waals surface area (Å²) >= 11 is 0. The fourth-order valence-electron chi connectivity index (χ4n) is 6.87. The number of hydrogen-bond acceptors (Lipinski definition) is 6. The number of benzene rings is 2. The van der Waals surface area contributed by atoms with Crippen LogP contribution in [-0.4, -0.2) is 61.8 Å². The molecule has 40 heavy (non-hydrogen) atoms. The molecule has 3 fully saturated rings. The molecule has 3 aliphatic rings. The minimum atomic E-state index is -0.315. The lowest BCUT2D eigenvalue weighted by Gasteiger charge is -2.34. The normalized spacial score (nSPS) is 23.1. The molecule has 0 bridgehead atoms. The molecule has 0 spiro atoms. The third kappa shape index (κ3) is 6.23. The molecule has 214 valence electrons. The van der Waals surface area contributed by atoms with Gasteiger partial charge in [-0.05, 0) is 93.9 Å². The van der Waals surface area contributed by atoms with Crippen molar-refractivity contribution >= 4 is 22.4 Å². The molecule has 3 heterocycles. The highest BCUT2D eigenvalue weighted by Gasteiger charge is 2.28. The fraction of sp³-hybridized carbons (Fsp3) is 0.562. The average molecular weight is 552 g/mol. The van der Waals surface area contributed by atoms with Crippen molar-refractivity contribution in [1.82, 2.24) is 10.1 Å². The number of nitrogens with zero attached hydrogens (tertiary/aromatic N) is 3. The van der Waals surface area contributed by atoms with E-state index in [0.29, 0.717) is 67.3 Å². The number of piperidine rings is 1. The van der Waals surface area contributed by atoms with E-state index in [1.807, 2.05) is 4.90 Å². The van der Waals surface area contributed by atoms with Gasteiger partial charge in [0.25, 0.3) is 0 Å². The van der Waals surface area contributed by atoms with E-state index in [4.69, 9.17) is 9.26 Å². The summed E-state index contributed by atoms with van der Waals surface area (Å²) in [7, 11) is 0. The monoisotopic (exact) mass is 551 g/mol. The van der Waals surface area contributed by atoms with E-state index in [1.165, 1.54) is 37.5 Å². The van der Waals surface area contributed by atoms with Gasteiger partial charge in [-0.2, -0.15) is 0 Å². The Bertz CT molecular complexity index is 1310. The number of likely N-dealkylation sites (tertiary alicyclic amines) is 1. The number of rotatable bonds is 8. The van der Waals surface area contributed by atoms with Gasteiger partial charge < -0.3 is 19.1 Å². The van der Waals surface area contributed by atoms with Crippen molar-refractivity contribution in [3.05, 3.63) is 59.3 Å². The van der Waals surface area contributed by atoms with Crippen LogP contribution in [0.4, 0.5) is 14.5 Å². The zero-order valence-corrected chi connectivity index (χ0v) is 23.1. The first-order valence-electron chi connectivity index (χ1n) is 15.0. The Morgan fingerprint density at radius 3 is 2.40 bits per heavy atom. The van der Waals surface area contributed by atoms with Gasteiger partial charge in [0.15, 0.2) is 11.4 Å². The number of ether oxygens (including phenoxy) is 1. The second-order valence-corrected chi connectivity index (χ2v) is 11.9. The van der Waals surface area contributed by atoms with Crippen molar-refractivity contribution in [1.29, 1.82) is 0 Å². The van der Waals surface area contributed by atoms with Crippen LogP contribution >= 0.6 is 0 Å². The van der Waals surface area contributed by atoms with Gasteiger partial charge in [0.1, 0.15) is 11.6 Å². The van der Waals surface area contributed by atoms with Crippen LogP contribution in [0.15, 0.2) is 40.9 Å². The van der Waals surface area contributed by atoms with Gasteiger partial charge in [-0.25, -0.2) is 8.78 Å². The second-order valence-electron chi connectivity index (χ2n) is 11.9. The number of anilines is 1. The third-order valence-corrected chi connectivity index (χ3v) is 9.35. The third-order valence-electron chi connectivity index (χ3n) is 9.35. The van der Waals surface area contributed by atoms with Gasteiger partial charge >= 0.3 is 0 Å². The highest BCUT2D eigenvalue weighted by atomic mass is 19.1. The number of hydrogen-bond donors (Lipinski definition) is 0. The Balaban J connectivity index is 0.917. The Kier molecular flexibility index (Phi) is 8.44. The molecule has 2 aliphatic heterocycles. The molecule has 8 heteroatoms. The van der Waals surface area contributed by atoms with Crippen LogP contribution in [0.3, 0.4) is 0 Å². The Morgan fingerprint density at radius 1 is 0.900 bits per heavy atom. The van der Waals surface area contributed by atoms with Gasteiger partial charge in [-0.1, -0.05) is 18.0 Å². The SMILES string of the molecule is O=C(CC1CCC(CCN2CCC(c3noc4cc(F)ccc34)CC2)CC1)c1ccc(N2CCOCC2)c(F)c1. The van der Waals surface area contributed by atoms with Crippen LogP contribution in [0.2, 0.25) is 0 Å². The van der Waals surface area contributed by atoms with E-state index in [9.17, 15) is 13.6 Å². The van der Waals surface area contributed by atoms with Gasteiger partial charge in [0.05, 0.1) is 24.6 Å². The quantitative estimate of drug-likeness (QED) is 0.294. The molecule has 3 aromatic rings. The smallest absolute Gasteiger partial charge is 0.170 e. The van der Waals surface area contributed by atoms with Gasteiger partial charge in [0, 0.05) is 42.4 Å². The van der Waals surface area contributed by atoms with Crippen molar-refractivity contribution in [2.24, 2.45) is 11.8 Å². The molecule has 6 rings (SSSR count). The summed E-state index contributed by atoms with van der Waals surface area (Å²) < 4.78 is 39.0. The highest BCUT2D eigenvalue weighted by molar-refractivity contribution is 5.96. The maximum atomic E-state index is 14.8. The number of halogens is 2. The Hall–Kier alpha value is -2.84. The summed E-state index contributed by atoms with van der Waals surface area (Å²) in [6.07, 6.45) is 8.29. The van der Waals surface area contributed by atoms with E-state index < -0.39 is 0 Å². The molecule has 0 unspecified atom stereocenters. The molecule has 1 aromatic heterocycles. The van der Waals surface area contributed by atoms with Gasteiger partial charge in [0.2, 0.25) is 0 Å². The molecule has 1 aliphatic carbocycles. The highest BCUT2D eigenvalue weighted by Crippen LogP contribution is 2.36. The summed E-state index contributed by atoms with van der Waals surface area (Å²) in [5.41, 5.74) is 2.56. The lowest BCUT2D eigenvalue weighted by atomic mass is 9.78. The lowest BCUT2D eigenvalue weighted by molar-refractivity contribution is 0.0938. The van der Waals surface area contributed by atoms with Crippen molar-refractivity contribution < 1.29 is 22.8 Å². The van der Waals surface area contributed by atoms with Crippen molar-refractivity contribution in [3.63, 3.8) is 0 Å². The lowest BCUT2D eigenvalue weighted by Crippen LogP contribution is -2.36. The zero-order chi connectivity index (χ0) is 27.5. The topological polar surface area (TPSA) is 58.8 Å². The first kappa shape index (κ1) is 27.3. The number of carbonyl (C=O) groups is 1. The van der Waals surface area contributed by atoms with Crippen LogP contribution in [0.5, 0.6) is 0 Å². The minimum Gasteiger partial charge on any atom is -0.378 e. The molecule has 0 amide bonds. The van der Waals surface area contributed by atoms with E-state index in [-0.39, 0.29) is 17.4 Å². The van der Waals surface area contributed by atoms with Crippen LogP contribution in [0.25, 0.3) is 11.0 Å². The largest absolute Gasteiger partial charge is 0.378 e. The molecule has 6 nitrogen and oxygen atoms in total. The van der Waals surface area contributed by atoms with Crippen LogP contribution in [-0.2, 0) is 4.74 Å². The predicted octanol–water partition coefficient (Wildman–Crippen LogP) is 6.59.